The molecule has 0 amide bonds. The first-order valence-corrected chi connectivity index (χ1v) is 11.4. The molecule has 16 heavy (non-hydrogen) atoms. The zero-order chi connectivity index (χ0) is 12.4. The maximum Gasteiger partial charge on any atom is 0.183 e. The van der Waals surface area contributed by atoms with Crippen molar-refractivity contribution in [2.75, 3.05) is 6.61 Å². The van der Waals surface area contributed by atoms with Gasteiger partial charge in [-0.15, -0.1) is 0 Å². The monoisotopic (exact) mass is 356 g/mol. The SMILES string of the molecule is CCCCCCCCC(I)CO[Si](C)(C)C. The summed E-state index contributed by atoms with van der Waals surface area (Å²) in [5.41, 5.74) is 0. The molecule has 0 aromatic rings. The molecule has 0 aromatic heterocycles. The fourth-order valence-electron chi connectivity index (χ4n) is 1.57. The van der Waals surface area contributed by atoms with E-state index >= 15 is 0 Å². The summed E-state index contributed by atoms with van der Waals surface area (Å²) in [6, 6.07) is 0. The minimum Gasteiger partial charge on any atom is -0.417 e. The van der Waals surface area contributed by atoms with Gasteiger partial charge in [0.25, 0.3) is 0 Å². The topological polar surface area (TPSA) is 9.23 Å². The average Bonchev–Trinajstić information content (AvgIpc) is 2.19. The predicted molar refractivity (Wildman–Crippen MR) is 85.1 cm³/mol. The molecule has 0 bridgehead atoms. The Kier molecular flexibility index (Phi) is 10.4. The Morgan fingerprint density at radius 2 is 1.56 bits per heavy atom. The summed E-state index contributed by atoms with van der Waals surface area (Å²) in [6.07, 6.45) is 9.72. The van der Waals surface area contributed by atoms with Crippen LogP contribution in [0.15, 0.2) is 0 Å². The van der Waals surface area contributed by atoms with Gasteiger partial charge in [-0.25, -0.2) is 0 Å². The van der Waals surface area contributed by atoms with Crippen molar-refractivity contribution in [2.45, 2.75) is 75.4 Å². The molecule has 0 saturated heterocycles. The molecule has 0 fully saturated rings. The molecule has 0 rings (SSSR count). The van der Waals surface area contributed by atoms with Crippen LogP contribution in [-0.4, -0.2) is 18.8 Å². The first kappa shape index (κ1) is 16.9. The van der Waals surface area contributed by atoms with Crippen molar-refractivity contribution in [1.29, 1.82) is 0 Å². The van der Waals surface area contributed by atoms with E-state index in [1.54, 1.807) is 0 Å². The van der Waals surface area contributed by atoms with Gasteiger partial charge in [0.15, 0.2) is 8.32 Å². The van der Waals surface area contributed by atoms with Gasteiger partial charge in [-0.3, -0.25) is 0 Å². The maximum absolute atomic E-state index is 5.92. The summed E-state index contributed by atoms with van der Waals surface area (Å²) in [6.45, 7) is 10.0. The highest BCUT2D eigenvalue weighted by Crippen LogP contribution is 2.15. The van der Waals surface area contributed by atoms with Crippen LogP contribution in [0.25, 0.3) is 0 Å². The molecule has 0 saturated carbocycles. The third-order valence-corrected chi connectivity index (χ3v) is 4.58. The van der Waals surface area contributed by atoms with Crippen molar-refractivity contribution in [3.8, 4) is 0 Å². The fraction of sp³-hybridized carbons (Fsp3) is 1.00. The third kappa shape index (κ3) is 13.0. The van der Waals surface area contributed by atoms with Crippen molar-refractivity contribution in [3.05, 3.63) is 0 Å². The number of unbranched alkanes of at least 4 members (excludes halogenated alkanes) is 5. The molecule has 0 spiro atoms. The summed E-state index contributed by atoms with van der Waals surface area (Å²) < 4.78 is 6.64. The molecule has 3 heteroatoms. The quantitative estimate of drug-likeness (QED) is 0.221. The highest BCUT2D eigenvalue weighted by atomic mass is 127. The number of hydrogen-bond donors (Lipinski definition) is 0. The van der Waals surface area contributed by atoms with Crippen LogP contribution in [0.3, 0.4) is 0 Å². The Balaban J connectivity index is 3.27. The van der Waals surface area contributed by atoms with E-state index in [9.17, 15) is 0 Å². The van der Waals surface area contributed by atoms with E-state index in [0.29, 0.717) is 0 Å². The summed E-state index contributed by atoms with van der Waals surface area (Å²) in [5.74, 6) is 0. The van der Waals surface area contributed by atoms with Crippen LogP contribution in [-0.2, 0) is 4.43 Å². The molecule has 0 aliphatic heterocycles. The van der Waals surface area contributed by atoms with Gasteiger partial charge in [-0.1, -0.05) is 68.0 Å². The second-order valence-electron chi connectivity index (χ2n) is 5.58. The molecule has 1 nitrogen and oxygen atoms in total. The van der Waals surface area contributed by atoms with Crippen molar-refractivity contribution in [2.24, 2.45) is 0 Å². The second-order valence-corrected chi connectivity index (χ2v) is 11.9. The van der Waals surface area contributed by atoms with Gasteiger partial charge in [-0.2, -0.15) is 0 Å². The maximum atomic E-state index is 5.92. The number of alkyl halides is 1. The second kappa shape index (κ2) is 9.89. The largest absolute Gasteiger partial charge is 0.417 e. The lowest BCUT2D eigenvalue weighted by atomic mass is 10.1. The van der Waals surface area contributed by atoms with Gasteiger partial charge in [0.05, 0.1) is 0 Å². The standard InChI is InChI=1S/C13H29IOSi/c1-5-6-7-8-9-10-11-13(14)12-15-16(2,3)4/h13H,5-12H2,1-4H3. The number of hydrogen-bond acceptors (Lipinski definition) is 1. The predicted octanol–water partition coefficient (Wildman–Crippen LogP) is 5.39. The number of rotatable bonds is 10. The fourth-order valence-corrected chi connectivity index (χ4v) is 3.23. The van der Waals surface area contributed by atoms with E-state index in [1.807, 2.05) is 0 Å². The van der Waals surface area contributed by atoms with E-state index < -0.39 is 8.32 Å². The van der Waals surface area contributed by atoms with Gasteiger partial charge in [-0.05, 0) is 26.1 Å². The lowest BCUT2D eigenvalue weighted by molar-refractivity contribution is 0.309. The molecule has 0 radical (unpaired) electrons. The van der Waals surface area contributed by atoms with E-state index in [0.717, 1.165) is 10.5 Å². The molecule has 1 atom stereocenters. The highest BCUT2D eigenvalue weighted by Gasteiger charge is 2.15. The molecular formula is C13H29IOSi. The molecule has 1 unspecified atom stereocenters. The van der Waals surface area contributed by atoms with Gasteiger partial charge < -0.3 is 4.43 Å². The van der Waals surface area contributed by atoms with Crippen LogP contribution in [0.5, 0.6) is 0 Å². The third-order valence-electron chi connectivity index (χ3n) is 2.57. The van der Waals surface area contributed by atoms with Gasteiger partial charge in [0, 0.05) is 10.5 Å². The van der Waals surface area contributed by atoms with E-state index in [-0.39, 0.29) is 0 Å². The van der Waals surface area contributed by atoms with Crippen LogP contribution in [0.2, 0.25) is 19.6 Å². The minimum atomic E-state index is -1.29. The van der Waals surface area contributed by atoms with Crippen molar-refractivity contribution in [3.63, 3.8) is 0 Å². The van der Waals surface area contributed by atoms with Crippen molar-refractivity contribution < 1.29 is 4.43 Å². The lowest BCUT2D eigenvalue weighted by Gasteiger charge is -2.19. The minimum absolute atomic E-state index is 0.718. The molecule has 98 valence electrons. The molecule has 0 heterocycles. The first-order chi connectivity index (χ1) is 7.45. The Morgan fingerprint density at radius 3 is 2.12 bits per heavy atom. The molecule has 0 aromatic carbocycles. The number of halogens is 1. The zero-order valence-corrected chi connectivity index (χ0v) is 14.7. The summed E-state index contributed by atoms with van der Waals surface area (Å²) >= 11 is 2.55. The van der Waals surface area contributed by atoms with Crippen LogP contribution >= 0.6 is 22.6 Å². The van der Waals surface area contributed by atoms with E-state index in [2.05, 4.69) is 49.2 Å². The van der Waals surface area contributed by atoms with Gasteiger partial charge in [0.1, 0.15) is 0 Å². The van der Waals surface area contributed by atoms with Crippen LogP contribution in [0.4, 0.5) is 0 Å². The lowest BCUT2D eigenvalue weighted by Crippen LogP contribution is -2.28. The molecular weight excluding hydrogens is 327 g/mol. The molecule has 0 aliphatic carbocycles. The van der Waals surface area contributed by atoms with Crippen molar-refractivity contribution in [1.82, 2.24) is 0 Å². The Hall–Kier alpha value is 0.907. The van der Waals surface area contributed by atoms with E-state index in [1.165, 1.54) is 44.9 Å². The van der Waals surface area contributed by atoms with Gasteiger partial charge >= 0.3 is 0 Å². The van der Waals surface area contributed by atoms with Crippen molar-refractivity contribution >= 4 is 30.9 Å². The summed E-state index contributed by atoms with van der Waals surface area (Å²) in [5, 5.41) is 0. The summed E-state index contributed by atoms with van der Waals surface area (Å²) in [4.78, 5) is 0. The zero-order valence-electron chi connectivity index (χ0n) is 11.5. The van der Waals surface area contributed by atoms with Crippen LogP contribution in [0.1, 0.15) is 51.9 Å². The highest BCUT2D eigenvalue weighted by molar-refractivity contribution is 14.1. The Labute approximate surface area is 117 Å². The smallest absolute Gasteiger partial charge is 0.183 e. The van der Waals surface area contributed by atoms with Gasteiger partial charge in [0.2, 0.25) is 0 Å². The first-order valence-electron chi connectivity index (χ1n) is 6.73. The van der Waals surface area contributed by atoms with Crippen LogP contribution < -0.4 is 0 Å². The molecule has 0 N–H and O–H groups in total. The average molecular weight is 356 g/mol. The van der Waals surface area contributed by atoms with E-state index in [4.69, 9.17) is 4.43 Å². The normalized spacial score (nSPS) is 14.1. The Bertz CT molecular complexity index is 157. The molecule has 0 aliphatic rings. The Morgan fingerprint density at radius 1 is 1.00 bits per heavy atom. The van der Waals surface area contributed by atoms with Crippen LogP contribution in [0, 0.1) is 0 Å². The summed E-state index contributed by atoms with van der Waals surface area (Å²) in [7, 11) is -1.29.